The quantitative estimate of drug-likeness (QED) is 0.670. The standard InChI is InChI=1S/C15H33N3/c1-6-9-16-10-7-8-14(3)18-11-13(2)15(12-18)17(4)5/h13-16H,6-12H2,1-5H3. The largest absolute Gasteiger partial charge is 0.317 e. The van der Waals surface area contributed by atoms with Crippen LogP contribution in [0.5, 0.6) is 0 Å². The van der Waals surface area contributed by atoms with Gasteiger partial charge < -0.3 is 10.2 Å². The van der Waals surface area contributed by atoms with E-state index in [1.54, 1.807) is 0 Å². The van der Waals surface area contributed by atoms with Crippen molar-refractivity contribution in [3.8, 4) is 0 Å². The van der Waals surface area contributed by atoms with Gasteiger partial charge in [-0.2, -0.15) is 0 Å². The van der Waals surface area contributed by atoms with Crippen LogP contribution in [0.2, 0.25) is 0 Å². The summed E-state index contributed by atoms with van der Waals surface area (Å²) in [5.41, 5.74) is 0. The summed E-state index contributed by atoms with van der Waals surface area (Å²) in [6.07, 6.45) is 3.87. The maximum atomic E-state index is 3.49. The van der Waals surface area contributed by atoms with Gasteiger partial charge in [0, 0.05) is 25.2 Å². The number of likely N-dealkylation sites (tertiary alicyclic amines) is 1. The van der Waals surface area contributed by atoms with Crippen LogP contribution in [-0.2, 0) is 0 Å². The molecule has 1 rings (SSSR count). The summed E-state index contributed by atoms with van der Waals surface area (Å²) in [6, 6.07) is 1.48. The third-order valence-corrected chi connectivity index (χ3v) is 4.29. The normalized spacial score (nSPS) is 27.0. The first kappa shape index (κ1) is 15.9. The SMILES string of the molecule is CCCNCCCC(C)N1CC(C)C(N(C)C)C1. The van der Waals surface area contributed by atoms with E-state index in [0.29, 0.717) is 0 Å². The van der Waals surface area contributed by atoms with Crippen LogP contribution in [0.1, 0.15) is 40.0 Å². The molecule has 0 aliphatic carbocycles. The number of nitrogens with one attached hydrogen (secondary N) is 1. The van der Waals surface area contributed by atoms with E-state index in [2.05, 4.69) is 50.0 Å². The van der Waals surface area contributed by atoms with Gasteiger partial charge in [-0.3, -0.25) is 4.90 Å². The highest BCUT2D eigenvalue weighted by molar-refractivity contribution is 4.88. The third-order valence-electron chi connectivity index (χ3n) is 4.29. The third kappa shape index (κ3) is 4.87. The first-order valence-electron chi connectivity index (χ1n) is 7.67. The van der Waals surface area contributed by atoms with Gasteiger partial charge in [0.2, 0.25) is 0 Å². The molecule has 3 atom stereocenters. The number of hydrogen-bond acceptors (Lipinski definition) is 3. The molecule has 3 heteroatoms. The van der Waals surface area contributed by atoms with E-state index in [0.717, 1.165) is 24.5 Å². The second-order valence-electron chi connectivity index (χ2n) is 6.20. The van der Waals surface area contributed by atoms with Crippen LogP contribution >= 0.6 is 0 Å². The highest BCUT2D eigenvalue weighted by Gasteiger charge is 2.32. The average molecular weight is 255 g/mol. The molecule has 0 amide bonds. The van der Waals surface area contributed by atoms with E-state index in [1.165, 1.54) is 38.9 Å². The molecule has 0 aromatic heterocycles. The van der Waals surface area contributed by atoms with Crippen molar-refractivity contribution in [3.63, 3.8) is 0 Å². The van der Waals surface area contributed by atoms with E-state index in [4.69, 9.17) is 0 Å². The van der Waals surface area contributed by atoms with Gasteiger partial charge in [0.1, 0.15) is 0 Å². The van der Waals surface area contributed by atoms with Crippen LogP contribution in [0.3, 0.4) is 0 Å². The van der Waals surface area contributed by atoms with Gasteiger partial charge in [0.15, 0.2) is 0 Å². The van der Waals surface area contributed by atoms with Gasteiger partial charge in [-0.25, -0.2) is 0 Å². The van der Waals surface area contributed by atoms with Gasteiger partial charge in [-0.1, -0.05) is 13.8 Å². The summed E-state index contributed by atoms with van der Waals surface area (Å²) in [5, 5.41) is 3.49. The van der Waals surface area contributed by atoms with Crippen LogP contribution in [-0.4, -0.2) is 62.2 Å². The summed E-state index contributed by atoms with van der Waals surface area (Å²) in [6.45, 7) is 11.9. The van der Waals surface area contributed by atoms with Crippen molar-refractivity contribution in [1.29, 1.82) is 0 Å². The molecule has 0 aromatic carbocycles. The van der Waals surface area contributed by atoms with Crippen molar-refractivity contribution in [3.05, 3.63) is 0 Å². The summed E-state index contributed by atoms with van der Waals surface area (Å²) in [7, 11) is 4.42. The summed E-state index contributed by atoms with van der Waals surface area (Å²) >= 11 is 0. The van der Waals surface area contributed by atoms with E-state index in [9.17, 15) is 0 Å². The molecule has 0 aromatic rings. The second-order valence-corrected chi connectivity index (χ2v) is 6.20. The van der Waals surface area contributed by atoms with Crippen molar-refractivity contribution in [1.82, 2.24) is 15.1 Å². The predicted octanol–water partition coefficient (Wildman–Crippen LogP) is 2.04. The molecule has 108 valence electrons. The molecule has 1 fully saturated rings. The fourth-order valence-corrected chi connectivity index (χ4v) is 3.03. The van der Waals surface area contributed by atoms with Gasteiger partial charge >= 0.3 is 0 Å². The highest BCUT2D eigenvalue weighted by atomic mass is 15.3. The average Bonchev–Trinajstić information content (AvgIpc) is 2.71. The number of rotatable bonds is 8. The van der Waals surface area contributed by atoms with Crippen LogP contribution in [0.15, 0.2) is 0 Å². The van der Waals surface area contributed by atoms with Crippen LogP contribution < -0.4 is 5.32 Å². The van der Waals surface area contributed by atoms with E-state index in [-0.39, 0.29) is 0 Å². The lowest BCUT2D eigenvalue weighted by Gasteiger charge is -2.26. The van der Waals surface area contributed by atoms with Crippen LogP contribution in [0, 0.1) is 5.92 Å². The Labute approximate surface area is 114 Å². The van der Waals surface area contributed by atoms with Gasteiger partial charge in [-0.05, 0) is 59.3 Å². The zero-order valence-corrected chi connectivity index (χ0v) is 13.1. The minimum atomic E-state index is 0.737. The Balaban J connectivity index is 2.20. The maximum Gasteiger partial charge on any atom is 0.0254 e. The Morgan fingerprint density at radius 1 is 1.28 bits per heavy atom. The first-order chi connectivity index (χ1) is 8.56. The van der Waals surface area contributed by atoms with Crippen molar-refractivity contribution in [2.24, 2.45) is 5.92 Å². The molecule has 1 N–H and O–H groups in total. The van der Waals surface area contributed by atoms with Gasteiger partial charge in [0.05, 0.1) is 0 Å². The molecule has 1 saturated heterocycles. The maximum absolute atomic E-state index is 3.49. The lowest BCUT2D eigenvalue weighted by Crippen LogP contribution is -2.36. The lowest BCUT2D eigenvalue weighted by molar-refractivity contribution is 0.215. The molecule has 3 unspecified atom stereocenters. The molecule has 18 heavy (non-hydrogen) atoms. The van der Waals surface area contributed by atoms with Crippen molar-refractivity contribution in [2.45, 2.75) is 52.1 Å². The molecule has 3 nitrogen and oxygen atoms in total. The molecular formula is C15H33N3. The molecule has 0 radical (unpaired) electrons. The topological polar surface area (TPSA) is 18.5 Å². The Bertz CT molecular complexity index is 218. The Morgan fingerprint density at radius 3 is 2.56 bits per heavy atom. The Morgan fingerprint density at radius 2 is 2.00 bits per heavy atom. The molecular weight excluding hydrogens is 222 g/mol. The minimum absolute atomic E-state index is 0.737. The monoisotopic (exact) mass is 255 g/mol. The molecule has 0 spiro atoms. The second kappa shape index (κ2) is 8.13. The molecule has 1 aliphatic rings. The van der Waals surface area contributed by atoms with Gasteiger partial charge in [-0.15, -0.1) is 0 Å². The lowest BCUT2D eigenvalue weighted by atomic mass is 10.1. The van der Waals surface area contributed by atoms with E-state index >= 15 is 0 Å². The van der Waals surface area contributed by atoms with Crippen LogP contribution in [0.25, 0.3) is 0 Å². The zero-order valence-electron chi connectivity index (χ0n) is 13.1. The number of hydrogen-bond donors (Lipinski definition) is 1. The van der Waals surface area contributed by atoms with Gasteiger partial charge in [0.25, 0.3) is 0 Å². The fraction of sp³-hybridized carbons (Fsp3) is 1.00. The van der Waals surface area contributed by atoms with E-state index in [1.807, 2.05) is 0 Å². The smallest absolute Gasteiger partial charge is 0.0254 e. The summed E-state index contributed by atoms with van der Waals surface area (Å²) < 4.78 is 0. The van der Waals surface area contributed by atoms with Crippen molar-refractivity contribution >= 4 is 0 Å². The predicted molar refractivity (Wildman–Crippen MR) is 80.1 cm³/mol. The Kier molecular flexibility index (Phi) is 7.20. The zero-order chi connectivity index (χ0) is 13.5. The van der Waals surface area contributed by atoms with Crippen molar-refractivity contribution in [2.75, 3.05) is 40.3 Å². The van der Waals surface area contributed by atoms with Crippen LogP contribution in [0.4, 0.5) is 0 Å². The minimum Gasteiger partial charge on any atom is -0.317 e. The molecule has 0 saturated carbocycles. The number of nitrogens with zero attached hydrogens (tertiary/aromatic N) is 2. The molecule has 1 heterocycles. The fourth-order valence-electron chi connectivity index (χ4n) is 3.03. The van der Waals surface area contributed by atoms with Crippen molar-refractivity contribution < 1.29 is 0 Å². The first-order valence-corrected chi connectivity index (χ1v) is 7.67. The number of likely N-dealkylation sites (N-methyl/N-ethyl adjacent to an activating group) is 1. The Hall–Kier alpha value is -0.120. The van der Waals surface area contributed by atoms with E-state index < -0.39 is 0 Å². The summed E-state index contributed by atoms with van der Waals surface area (Å²) in [4.78, 5) is 5.06. The molecule has 1 aliphatic heterocycles. The highest BCUT2D eigenvalue weighted by Crippen LogP contribution is 2.23. The molecule has 0 bridgehead atoms. The summed E-state index contributed by atoms with van der Waals surface area (Å²) in [5.74, 6) is 0.806.